The van der Waals surface area contributed by atoms with Crippen molar-refractivity contribution >= 4 is 29.3 Å². The highest BCUT2D eigenvalue weighted by atomic mass is 35.5. The van der Waals surface area contributed by atoms with E-state index in [0.717, 1.165) is 31.2 Å². The summed E-state index contributed by atoms with van der Waals surface area (Å²) in [4.78, 5) is 14.5. The molecule has 0 spiro atoms. The van der Waals surface area contributed by atoms with Gasteiger partial charge >= 0.3 is 0 Å². The van der Waals surface area contributed by atoms with Crippen molar-refractivity contribution in [2.45, 2.75) is 31.2 Å². The van der Waals surface area contributed by atoms with Gasteiger partial charge in [-0.05, 0) is 30.5 Å². The molecule has 1 fully saturated rings. The Morgan fingerprint density at radius 2 is 1.94 bits per heavy atom. The molecule has 2 rings (SSSR count). The minimum atomic E-state index is -0.469. The maximum atomic E-state index is 10.6. The molecule has 1 aliphatic carbocycles. The Bertz CT molecular complexity index is 446. The zero-order chi connectivity index (χ0) is 11.6. The Hall–Kier alpha value is -0.820. The highest BCUT2D eigenvalue weighted by molar-refractivity contribution is 6.35. The van der Waals surface area contributed by atoms with E-state index in [9.17, 15) is 4.79 Å². The average Bonchev–Trinajstić information content (AvgIpc) is 2.67. The first-order valence-electron chi connectivity index (χ1n) is 5.22. The molecule has 84 valence electrons. The summed E-state index contributed by atoms with van der Waals surface area (Å²) in [7, 11) is 0. The zero-order valence-electron chi connectivity index (χ0n) is 8.67. The lowest BCUT2D eigenvalue weighted by Crippen LogP contribution is -2.19. The summed E-state index contributed by atoms with van der Waals surface area (Å²) in [6.07, 6.45) is 5.50. The van der Waals surface area contributed by atoms with Crippen molar-refractivity contribution in [2.24, 2.45) is 4.99 Å². The van der Waals surface area contributed by atoms with E-state index < -0.39 is 5.54 Å². The number of rotatable bonds is 2. The molecule has 0 unspecified atom stereocenters. The average molecular weight is 256 g/mol. The van der Waals surface area contributed by atoms with Gasteiger partial charge in [-0.1, -0.05) is 42.1 Å². The smallest absolute Gasteiger partial charge is 0.211 e. The standard InChI is InChI=1S/C12H11Cl2NO/c13-9-3-4-10(11(14)7-9)12(15-8-16)5-1-2-6-12/h3-4,7H,1-2,5-6H2. The topological polar surface area (TPSA) is 29.4 Å². The van der Waals surface area contributed by atoms with Crippen molar-refractivity contribution in [3.05, 3.63) is 33.8 Å². The summed E-state index contributed by atoms with van der Waals surface area (Å²) in [6, 6.07) is 5.33. The highest BCUT2D eigenvalue weighted by Gasteiger charge is 2.37. The fraction of sp³-hybridized carbons (Fsp3) is 0.417. The third-order valence-corrected chi connectivity index (χ3v) is 3.67. The Labute approximate surface area is 104 Å². The van der Waals surface area contributed by atoms with Gasteiger partial charge in [0.2, 0.25) is 6.08 Å². The maximum Gasteiger partial charge on any atom is 0.235 e. The molecule has 1 aromatic rings. The van der Waals surface area contributed by atoms with Crippen molar-refractivity contribution in [2.75, 3.05) is 0 Å². The fourth-order valence-corrected chi connectivity index (χ4v) is 2.94. The fourth-order valence-electron chi connectivity index (χ4n) is 2.36. The summed E-state index contributed by atoms with van der Waals surface area (Å²) in [6.45, 7) is 0. The van der Waals surface area contributed by atoms with Gasteiger partial charge in [0.25, 0.3) is 0 Å². The van der Waals surface area contributed by atoms with E-state index in [1.165, 1.54) is 0 Å². The molecule has 0 saturated heterocycles. The van der Waals surface area contributed by atoms with E-state index in [1.807, 2.05) is 6.07 Å². The molecule has 0 heterocycles. The van der Waals surface area contributed by atoms with Crippen molar-refractivity contribution in [3.63, 3.8) is 0 Å². The van der Waals surface area contributed by atoms with E-state index in [-0.39, 0.29) is 0 Å². The lowest BCUT2D eigenvalue weighted by atomic mass is 9.89. The molecule has 1 aromatic carbocycles. The molecular formula is C12H11Cl2NO. The number of isocyanates is 1. The number of benzene rings is 1. The third kappa shape index (κ3) is 2.01. The van der Waals surface area contributed by atoms with Gasteiger partial charge in [-0.25, -0.2) is 4.79 Å². The molecule has 0 radical (unpaired) electrons. The molecule has 0 bridgehead atoms. The molecule has 1 saturated carbocycles. The van der Waals surface area contributed by atoms with Crippen molar-refractivity contribution in [1.29, 1.82) is 0 Å². The normalized spacial score (nSPS) is 18.1. The van der Waals surface area contributed by atoms with Crippen LogP contribution in [0.25, 0.3) is 0 Å². The van der Waals surface area contributed by atoms with Crippen LogP contribution in [0, 0.1) is 0 Å². The Morgan fingerprint density at radius 1 is 1.25 bits per heavy atom. The van der Waals surface area contributed by atoms with Gasteiger partial charge in [0.05, 0.1) is 5.54 Å². The number of halogens is 2. The van der Waals surface area contributed by atoms with Crippen molar-refractivity contribution < 1.29 is 4.79 Å². The van der Waals surface area contributed by atoms with E-state index in [1.54, 1.807) is 18.2 Å². The van der Waals surface area contributed by atoms with Crippen LogP contribution in [0.5, 0.6) is 0 Å². The van der Waals surface area contributed by atoms with Crippen LogP contribution >= 0.6 is 23.2 Å². The van der Waals surface area contributed by atoms with Gasteiger partial charge in [0.1, 0.15) is 0 Å². The van der Waals surface area contributed by atoms with Gasteiger partial charge < -0.3 is 0 Å². The van der Waals surface area contributed by atoms with Gasteiger partial charge in [-0.3, -0.25) is 0 Å². The first-order valence-corrected chi connectivity index (χ1v) is 5.98. The highest BCUT2D eigenvalue weighted by Crippen LogP contribution is 2.45. The number of nitrogens with zero attached hydrogens (tertiary/aromatic N) is 1. The molecule has 0 atom stereocenters. The number of carbonyl (C=O) groups excluding carboxylic acids is 1. The van der Waals surface area contributed by atoms with Gasteiger partial charge in [0, 0.05) is 10.0 Å². The summed E-state index contributed by atoms with van der Waals surface area (Å²) < 4.78 is 0. The Morgan fingerprint density at radius 3 is 2.50 bits per heavy atom. The molecule has 0 N–H and O–H groups in total. The first kappa shape index (κ1) is 11.7. The predicted molar refractivity (Wildman–Crippen MR) is 64.7 cm³/mol. The predicted octanol–water partition coefficient (Wildman–Crippen LogP) is 4.10. The molecule has 16 heavy (non-hydrogen) atoms. The summed E-state index contributed by atoms with van der Waals surface area (Å²) in [5, 5.41) is 1.17. The molecule has 0 aliphatic heterocycles. The summed E-state index contributed by atoms with van der Waals surface area (Å²) >= 11 is 12.0. The largest absolute Gasteiger partial charge is 0.235 e. The molecule has 0 aromatic heterocycles. The monoisotopic (exact) mass is 255 g/mol. The molecule has 0 amide bonds. The lowest BCUT2D eigenvalue weighted by Gasteiger charge is -2.24. The Kier molecular flexibility index (Phi) is 3.34. The van der Waals surface area contributed by atoms with Crippen molar-refractivity contribution in [1.82, 2.24) is 0 Å². The Balaban J connectivity index is 2.51. The SMILES string of the molecule is O=C=NC1(c2ccc(Cl)cc2Cl)CCCC1. The third-order valence-electron chi connectivity index (χ3n) is 3.12. The van der Waals surface area contributed by atoms with E-state index in [2.05, 4.69) is 4.99 Å². The summed E-state index contributed by atoms with van der Waals surface area (Å²) in [5.74, 6) is 0. The zero-order valence-corrected chi connectivity index (χ0v) is 10.2. The molecule has 2 nitrogen and oxygen atoms in total. The van der Waals surface area contributed by atoms with Crippen LogP contribution in [-0.2, 0) is 10.3 Å². The second-order valence-electron chi connectivity index (χ2n) is 4.07. The first-order chi connectivity index (χ1) is 7.68. The quantitative estimate of drug-likeness (QED) is 0.578. The molecule has 1 aliphatic rings. The van der Waals surface area contributed by atoms with Gasteiger partial charge in [0.15, 0.2) is 0 Å². The lowest BCUT2D eigenvalue weighted by molar-refractivity contribution is 0.456. The second kappa shape index (κ2) is 4.58. The maximum absolute atomic E-state index is 10.6. The molecular weight excluding hydrogens is 245 g/mol. The minimum Gasteiger partial charge on any atom is -0.211 e. The van der Waals surface area contributed by atoms with Crippen molar-refractivity contribution in [3.8, 4) is 0 Å². The van der Waals surface area contributed by atoms with E-state index in [4.69, 9.17) is 23.2 Å². The van der Waals surface area contributed by atoms with Crippen LogP contribution in [0.1, 0.15) is 31.2 Å². The van der Waals surface area contributed by atoms with Gasteiger partial charge in [-0.2, -0.15) is 4.99 Å². The van der Waals surface area contributed by atoms with E-state index >= 15 is 0 Å². The number of hydrogen-bond acceptors (Lipinski definition) is 2. The van der Waals surface area contributed by atoms with Crippen LogP contribution in [0.15, 0.2) is 23.2 Å². The van der Waals surface area contributed by atoms with Crippen LogP contribution in [-0.4, -0.2) is 6.08 Å². The number of aliphatic imine (C=N–C) groups is 1. The van der Waals surface area contributed by atoms with Gasteiger partial charge in [-0.15, -0.1) is 0 Å². The van der Waals surface area contributed by atoms with Crippen LogP contribution in [0.4, 0.5) is 0 Å². The second-order valence-corrected chi connectivity index (χ2v) is 4.91. The number of hydrogen-bond donors (Lipinski definition) is 0. The van der Waals surface area contributed by atoms with Crippen LogP contribution in [0.2, 0.25) is 10.0 Å². The van der Waals surface area contributed by atoms with Crippen LogP contribution < -0.4 is 0 Å². The minimum absolute atomic E-state index is 0.469. The van der Waals surface area contributed by atoms with E-state index in [0.29, 0.717) is 10.0 Å². The molecule has 4 heteroatoms. The van der Waals surface area contributed by atoms with Crippen LogP contribution in [0.3, 0.4) is 0 Å². The summed E-state index contributed by atoms with van der Waals surface area (Å²) in [5.41, 5.74) is 0.420.